The Kier molecular flexibility index (Phi) is 3.37. The molecule has 1 aliphatic heterocycles. The fourth-order valence-electron chi connectivity index (χ4n) is 2.87. The molecule has 1 heterocycles. The number of rotatable bonds is 1. The van der Waals surface area contributed by atoms with E-state index in [4.69, 9.17) is 0 Å². The Hall–Kier alpha value is 0.310. The van der Waals surface area contributed by atoms with E-state index in [2.05, 4.69) is 37.8 Å². The summed E-state index contributed by atoms with van der Waals surface area (Å²) in [6, 6.07) is 0.774. The minimum absolute atomic E-state index is 0.453. The molecule has 0 amide bonds. The highest BCUT2D eigenvalue weighted by molar-refractivity contribution is 8.00. The molecule has 1 saturated heterocycles. The molecule has 2 rings (SSSR count). The van der Waals surface area contributed by atoms with Gasteiger partial charge in [0.15, 0.2) is 0 Å². The third-order valence-corrected chi connectivity index (χ3v) is 5.81. The monoisotopic (exact) mass is 227 g/mol. The number of nitrogens with one attached hydrogen (secondary N) is 1. The van der Waals surface area contributed by atoms with Crippen molar-refractivity contribution in [3.05, 3.63) is 0 Å². The van der Waals surface area contributed by atoms with E-state index in [0.717, 1.165) is 6.04 Å². The maximum Gasteiger partial charge on any atom is 0.0648 e. The highest BCUT2D eigenvalue weighted by atomic mass is 32.2. The van der Waals surface area contributed by atoms with Crippen LogP contribution in [0.4, 0.5) is 0 Å². The maximum absolute atomic E-state index is 3.90. The molecule has 2 aliphatic rings. The van der Waals surface area contributed by atoms with Gasteiger partial charge in [0.05, 0.1) is 4.87 Å². The number of hydrogen-bond donors (Lipinski definition) is 1. The average Bonchev–Trinajstić information content (AvgIpc) is 2.52. The van der Waals surface area contributed by atoms with Crippen molar-refractivity contribution in [2.24, 2.45) is 5.41 Å². The predicted molar refractivity (Wildman–Crippen MR) is 69.3 cm³/mol. The van der Waals surface area contributed by atoms with Gasteiger partial charge in [-0.3, -0.25) is 5.32 Å². The lowest BCUT2D eigenvalue weighted by atomic mass is 9.85. The summed E-state index contributed by atoms with van der Waals surface area (Å²) in [4.78, 5) is 0.453. The van der Waals surface area contributed by atoms with Crippen LogP contribution in [-0.4, -0.2) is 16.7 Å². The smallest absolute Gasteiger partial charge is 0.0648 e. The van der Waals surface area contributed by atoms with Gasteiger partial charge in [-0.2, -0.15) is 0 Å². The summed E-state index contributed by atoms with van der Waals surface area (Å²) in [5.41, 5.74) is 0.579. The topological polar surface area (TPSA) is 12.0 Å². The first-order chi connectivity index (χ1) is 7.05. The van der Waals surface area contributed by atoms with Gasteiger partial charge in [-0.05, 0) is 37.5 Å². The molecule has 1 spiro atoms. The lowest BCUT2D eigenvalue weighted by Crippen LogP contribution is -2.41. The van der Waals surface area contributed by atoms with Crippen LogP contribution in [0.3, 0.4) is 0 Å². The average molecular weight is 227 g/mol. The van der Waals surface area contributed by atoms with Crippen LogP contribution in [0.2, 0.25) is 0 Å². The Morgan fingerprint density at radius 1 is 1.20 bits per heavy atom. The van der Waals surface area contributed by atoms with Crippen LogP contribution in [0.25, 0.3) is 0 Å². The second-order valence-electron chi connectivity index (χ2n) is 6.07. The fraction of sp³-hybridized carbons (Fsp3) is 1.00. The van der Waals surface area contributed by atoms with Crippen LogP contribution in [0.15, 0.2) is 0 Å². The summed E-state index contributed by atoms with van der Waals surface area (Å²) in [6.07, 6.45) is 8.26. The van der Waals surface area contributed by atoms with Gasteiger partial charge in [0.25, 0.3) is 0 Å². The molecule has 2 fully saturated rings. The molecule has 2 unspecified atom stereocenters. The molecule has 0 bridgehead atoms. The highest BCUT2D eigenvalue weighted by Gasteiger charge is 2.41. The van der Waals surface area contributed by atoms with Gasteiger partial charge in [-0.15, -0.1) is 11.8 Å². The van der Waals surface area contributed by atoms with E-state index in [1.807, 2.05) is 0 Å². The van der Waals surface area contributed by atoms with Crippen molar-refractivity contribution in [3.8, 4) is 0 Å². The summed E-state index contributed by atoms with van der Waals surface area (Å²) in [5, 5.41) is 3.90. The highest BCUT2D eigenvalue weighted by Crippen LogP contribution is 2.46. The van der Waals surface area contributed by atoms with Crippen LogP contribution in [0.1, 0.15) is 59.3 Å². The third kappa shape index (κ3) is 2.71. The van der Waals surface area contributed by atoms with Crippen LogP contribution in [-0.2, 0) is 0 Å². The van der Waals surface area contributed by atoms with E-state index in [1.165, 1.54) is 44.3 Å². The minimum atomic E-state index is 0.453. The van der Waals surface area contributed by atoms with Gasteiger partial charge in [0.2, 0.25) is 0 Å². The predicted octanol–water partition coefficient (Wildman–Crippen LogP) is 3.79. The summed E-state index contributed by atoms with van der Waals surface area (Å²) in [7, 11) is 0. The fourth-order valence-corrected chi connectivity index (χ4v) is 4.49. The molecule has 15 heavy (non-hydrogen) atoms. The van der Waals surface area contributed by atoms with Crippen molar-refractivity contribution >= 4 is 11.8 Å². The summed E-state index contributed by atoms with van der Waals surface area (Å²) < 4.78 is 0. The first-order valence-electron chi connectivity index (χ1n) is 6.47. The molecule has 2 atom stereocenters. The molecule has 1 saturated carbocycles. The summed E-state index contributed by atoms with van der Waals surface area (Å²) >= 11 is 2.20. The van der Waals surface area contributed by atoms with Crippen molar-refractivity contribution in [2.75, 3.05) is 5.75 Å². The lowest BCUT2D eigenvalue weighted by molar-refractivity contribution is 0.304. The largest absolute Gasteiger partial charge is 0.299 e. The molecule has 0 aromatic carbocycles. The molecule has 88 valence electrons. The molecule has 1 nitrogen and oxygen atoms in total. The maximum atomic E-state index is 3.90. The second kappa shape index (κ2) is 4.29. The normalized spacial score (nSPS) is 40.6. The van der Waals surface area contributed by atoms with Crippen LogP contribution < -0.4 is 5.32 Å². The number of thioether (sulfide) groups is 1. The van der Waals surface area contributed by atoms with E-state index >= 15 is 0 Å². The zero-order valence-electron chi connectivity index (χ0n) is 10.4. The van der Waals surface area contributed by atoms with Gasteiger partial charge in [-0.1, -0.05) is 27.2 Å². The minimum Gasteiger partial charge on any atom is -0.299 e. The van der Waals surface area contributed by atoms with Crippen molar-refractivity contribution in [1.82, 2.24) is 5.32 Å². The van der Waals surface area contributed by atoms with Crippen LogP contribution >= 0.6 is 11.8 Å². The number of hydrogen-bond acceptors (Lipinski definition) is 2. The zero-order chi connectivity index (χ0) is 10.9. The van der Waals surface area contributed by atoms with E-state index in [0.29, 0.717) is 10.3 Å². The molecule has 2 heteroatoms. The van der Waals surface area contributed by atoms with Crippen LogP contribution in [0, 0.1) is 5.41 Å². The van der Waals surface area contributed by atoms with Crippen molar-refractivity contribution < 1.29 is 0 Å². The third-order valence-electron chi connectivity index (χ3n) is 4.16. The van der Waals surface area contributed by atoms with Crippen molar-refractivity contribution in [1.29, 1.82) is 0 Å². The molecule has 0 aromatic heterocycles. The lowest BCUT2D eigenvalue weighted by Gasteiger charge is -2.29. The van der Waals surface area contributed by atoms with E-state index in [9.17, 15) is 0 Å². The Morgan fingerprint density at radius 2 is 2.00 bits per heavy atom. The standard InChI is InChI=1S/C13H25NS/c1-4-11-10-15-13(14-11)7-5-6-12(2,3)8-9-13/h11,14H,4-10H2,1-3H3. The van der Waals surface area contributed by atoms with Crippen LogP contribution in [0.5, 0.6) is 0 Å². The second-order valence-corrected chi connectivity index (χ2v) is 7.48. The Balaban J connectivity index is 1.99. The Bertz CT molecular complexity index is 227. The first-order valence-corrected chi connectivity index (χ1v) is 7.45. The molecule has 1 aliphatic carbocycles. The molecule has 1 N–H and O–H groups in total. The van der Waals surface area contributed by atoms with Crippen molar-refractivity contribution in [3.63, 3.8) is 0 Å². The van der Waals surface area contributed by atoms with Gasteiger partial charge in [-0.25, -0.2) is 0 Å². The Labute approximate surface area is 98.8 Å². The summed E-state index contributed by atoms with van der Waals surface area (Å²) in [5.74, 6) is 1.33. The molecule has 0 aromatic rings. The SMILES string of the molecule is CCC1CSC2(CCCC(C)(C)CC2)N1. The molecule has 0 radical (unpaired) electrons. The van der Waals surface area contributed by atoms with Gasteiger partial charge in [0.1, 0.15) is 0 Å². The van der Waals surface area contributed by atoms with Gasteiger partial charge < -0.3 is 0 Å². The summed E-state index contributed by atoms with van der Waals surface area (Å²) in [6.45, 7) is 7.17. The van der Waals surface area contributed by atoms with E-state index in [-0.39, 0.29) is 0 Å². The molecular formula is C13H25NS. The van der Waals surface area contributed by atoms with E-state index in [1.54, 1.807) is 0 Å². The van der Waals surface area contributed by atoms with Crippen molar-refractivity contribution in [2.45, 2.75) is 70.2 Å². The van der Waals surface area contributed by atoms with Gasteiger partial charge in [0, 0.05) is 11.8 Å². The first kappa shape index (κ1) is 11.8. The zero-order valence-corrected chi connectivity index (χ0v) is 11.3. The molecular weight excluding hydrogens is 202 g/mol. The van der Waals surface area contributed by atoms with Gasteiger partial charge >= 0.3 is 0 Å². The van der Waals surface area contributed by atoms with E-state index < -0.39 is 0 Å². The Morgan fingerprint density at radius 3 is 2.67 bits per heavy atom. The quantitative estimate of drug-likeness (QED) is 0.731.